The fourth-order valence-corrected chi connectivity index (χ4v) is 1.77. The molecule has 1 N–H and O–H groups in total. The van der Waals surface area contributed by atoms with Crippen molar-refractivity contribution in [3.05, 3.63) is 0 Å². The van der Waals surface area contributed by atoms with Crippen LogP contribution >= 0.6 is 0 Å². The van der Waals surface area contributed by atoms with Crippen molar-refractivity contribution in [3.63, 3.8) is 0 Å². The third kappa shape index (κ3) is 2.64. The van der Waals surface area contributed by atoms with E-state index >= 15 is 0 Å². The normalized spacial score (nSPS) is 26.9. The Balaban J connectivity index is 2.57. The zero-order chi connectivity index (χ0) is 10.1. The van der Waals surface area contributed by atoms with E-state index in [1.807, 2.05) is 0 Å². The van der Waals surface area contributed by atoms with E-state index in [0.717, 1.165) is 6.42 Å². The Hall–Kier alpha value is -0.670. The highest BCUT2D eigenvalue weighted by molar-refractivity contribution is 5.81. The second-order valence-corrected chi connectivity index (χ2v) is 3.93. The summed E-state index contributed by atoms with van der Waals surface area (Å²) in [6.45, 7) is 0. The third-order valence-electron chi connectivity index (χ3n) is 2.51. The van der Waals surface area contributed by atoms with Gasteiger partial charge in [-0.15, -0.1) is 0 Å². The van der Waals surface area contributed by atoms with E-state index in [4.69, 9.17) is 5.41 Å². The largest absolute Gasteiger partial charge is 0.366 e. The molecule has 0 saturated heterocycles. The van der Waals surface area contributed by atoms with Crippen molar-refractivity contribution in [3.8, 4) is 0 Å². The lowest BCUT2D eigenvalue weighted by Gasteiger charge is -2.31. The molecule has 0 radical (unpaired) electrons. The van der Waals surface area contributed by atoms with Gasteiger partial charge >= 0.3 is 0 Å². The zero-order valence-corrected chi connectivity index (χ0v) is 8.11. The quantitative estimate of drug-likeness (QED) is 0.498. The summed E-state index contributed by atoms with van der Waals surface area (Å²) in [7, 11) is 3.46. The van der Waals surface area contributed by atoms with E-state index in [1.165, 1.54) is 0 Å². The average molecular weight is 190 g/mol. The maximum Gasteiger partial charge on any atom is 0.248 e. The summed E-state index contributed by atoms with van der Waals surface area (Å²) in [5.74, 6) is -2.47. The van der Waals surface area contributed by atoms with E-state index in [-0.39, 0.29) is 18.8 Å². The van der Waals surface area contributed by atoms with E-state index in [9.17, 15) is 8.78 Å². The van der Waals surface area contributed by atoms with Gasteiger partial charge in [0, 0.05) is 32.9 Å². The van der Waals surface area contributed by atoms with Crippen LogP contribution in [0.25, 0.3) is 0 Å². The van der Waals surface area contributed by atoms with E-state index in [1.54, 1.807) is 19.0 Å². The highest BCUT2D eigenvalue weighted by Gasteiger charge is 2.38. The molecule has 1 fully saturated rings. The van der Waals surface area contributed by atoms with Crippen LogP contribution in [0.4, 0.5) is 8.78 Å². The van der Waals surface area contributed by atoms with Crippen LogP contribution in [-0.4, -0.2) is 30.8 Å². The first kappa shape index (κ1) is 10.4. The lowest BCUT2D eigenvalue weighted by atomic mass is 9.85. The molecule has 0 aromatic heterocycles. The number of nitrogens with zero attached hydrogens (tertiary/aromatic N) is 1. The Morgan fingerprint density at radius 3 is 2.54 bits per heavy atom. The smallest absolute Gasteiger partial charge is 0.248 e. The van der Waals surface area contributed by atoms with Gasteiger partial charge in [-0.2, -0.15) is 0 Å². The Morgan fingerprint density at radius 2 is 2.08 bits per heavy atom. The monoisotopic (exact) mass is 190 g/mol. The summed E-state index contributed by atoms with van der Waals surface area (Å²) < 4.78 is 25.9. The molecule has 4 heteroatoms. The van der Waals surface area contributed by atoms with E-state index < -0.39 is 5.92 Å². The maximum absolute atomic E-state index is 13.0. The van der Waals surface area contributed by atoms with Crippen LogP contribution < -0.4 is 0 Å². The molecule has 1 unspecified atom stereocenters. The second-order valence-electron chi connectivity index (χ2n) is 3.93. The molecule has 76 valence electrons. The average Bonchev–Trinajstić information content (AvgIpc) is 2.01. The van der Waals surface area contributed by atoms with Crippen LogP contribution in [0.1, 0.15) is 25.7 Å². The summed E-state index contributed by atoms with van der Waals surface area (Å²) in [5.41, 5.74) is 0. The SMILES string of the molecule is CN(C)C(=N)C1CCCC(F)(F)C1. The van der Waals surface area contributed by atoms with Crippen molar-refractivity contribution in [1.82, 2.24) is 4.90 Å². The van der Waals surface area contributed by atoms with Gasteiger partial charge in [-0.1, -0.05) is 0 Å². The minimum Gasteiger partial charge on any atom is -0.366 e. The van der Waals surface area contributed by atoms with Gasteiger partial charge in [-0.05, 0) is 12.8 Å². The van der Waals surface area contributed by atoms with E-state index in [2.05, 4.69) is 0 Å². The zero-order valence-electron chi connectivity index (χ0n) is 8.11. The Kier molecular flexibility index (Phi) is 2.88. The minimum absolute atomic E-state index is 0.00971. The van der Waals surface area contributed by atoms with Crippen LogP contribution in [0.5, 0.6) is 0 Å². The van der Waals surface area contributed by atoms with Crippen molar-refractivity contribution in [2.75, 3.05) is 14.1 Å². The molecule has 1 rings (SSSR count). The number of rotatable bonds is 1. The molecule has 13 heavy (non-hydrogen) atoms. The molecular weight excluding hydrogens is 174 g/mol. The number of amidine groups is 1. The van der Waals surface area contributed by atoms with Crippen LogP contribution in [0.2, 0.25) is 0 Å². The predicted molar refractivity (Wildman–Crippen MR) is 48.3 cm³/mol. The number of hydrogen-bond acceptors (Lipinski definition) is 1. The molecular formula is C9H16F2N2. The van der Waals surface area contributed by atoms with Gasteiger partial charge in [0.1, 0.15) is 0 Å². The first-order valence-corrected chi connectivity index (χ1v) is 4.56. The van der Waals surface area contributed by atoms with Gasteiger partial charge in [0.25, 0.3) is 0 Å². The van der Waals surface area contributed by atoms with Crippen LogP contribution in [-0.2, 0) is 0 Å². The van der Waals surface area contributed by atoms with Crippen molar-refractivity contribution in [1.29, 1.82) is 5.41 Å². The predicted octanol–water partition coefficient (Wildman–Crippen LogP) is 2.35. The Labute approximate surface area is 77.4 Å². The molecule has 1 aliphatic rings. The minimum atomic E-state index is -2.55. The third-order valence-corrected chi connectivity index (χ3v) is 2.51. The highest BCUT2D eigenvalue weighted by Crippen LogP contribution is 2.37. The highest BCUT2D eigenvalue weighted by atomic mass is 19.3. The Morgan fingerprint density at radius 1 is 1.46 bits per heavy atom. The molecule has 1 saturated carbocycles. The van der Waals surface area contributed by atoms with Crippen LogP contribution in [0, 0.1) is 11.3 Å². The first-order valence-electron chi connectivity index (χ1n) is 4.56. The molecule has 0 aromatic rings. The maximum atomic E-state index is 13.0. The molecule has 2 nitrogen and oxygen atoms in total. The number of nitrogens with one attached hydrogen (secondary N) is 1. The topological polar surface area (TPSA) is 27.1 Å². The lowest BCUT2D eigenvalue weighted by molar-refractivity contribution is -0.0438. The van der Waals surface area contributed by atoms with Crippen molar-refractivity contribution >= 4 is 5.84 Å². The fraction of sp³-hybridized carbons (Fsp3) is 0.889. The van der Waals surface area contributed by atoms with Gasteiger partial charge in [0.2, 0.25) is 5.92 Å². The Bertz CT molecular complexity index is 202. The fourth-order valence-electron chi connectivity index (χ4n) is 1.77. The van der Waals surface area contributed by atoms with Crippen molar-refractivity contribution in [2.45, 2.75) is 31.6 Å². The summed E-state index contributed by atoms with van der Waals surface area (Å²) >= 11 is 0. The summed E-state index contributed by atoms with van der Waals surface area (Å²) in [6.07, 6.45) is 1.11. The molecule has 0 aliphatic heterocycles. The molecule has 0 aromatic carbocycles. The van der Waals surface area contributed by atoms with Gasteiger partial charge in [0.05, 0.1) is 5.84 Å². The second kappa shape index (κ2) is 3.60. The van der Waals surface area contributed by atoms with E-state index in [0.29, 0.717) is 12.3 Å². The molecule has 1 atom stereocenters. The lowest BCUT2D eigenvalue weighted by Crippen LogP contribution is -2.36. The number of alkyl halides is 2. The van der Waals surface area contributed by atoms with Crippen molar-refractivity contribution < 1.29 is 8.78 Å². The van der Waals surface area contributed by atoms with Gasteiger partial charge < -0.3 is 4.90 Å². The van der Waals surface area contributed by atoms with Crippen LogP contribution in [0.15, 0.2) is 0 Å². The molecule has 0 heterocycles. The summed E-state index contributed by atoms with van der Waals surface area (Å²) in [5, 5.41) is 7.61. The molecule has 0 amide bonds. The summed E-state index contributed by atoms with van der Waals surface area (Å²) in [4.78, 5) is 1.62. The van der Waals surface area contributed by atoms with Gasteiger partial charge in [-0.25, -0.2) is 8.78 Å². The molecule has 0 bridgehead atoms. The molecule has 0 spiro atoms. The van der Waals surface area contributed by atoms with Gasteiger partial charge in [0.15, 0.2) is 0 Å². The molecule has 1 aliphatic carbocycles. The van der Waals surface area contributed by atoms with Gasteiger partial charge in [-0.3, -0.25) is 5.41 Å². The number of hydrogen-bond donors (Lipinski definition) is 1. The first-order chi connectivity index (χ1) is 5.92. The standard InChI is InChI=1S/C9H16F2N2/c1-13(2)8(12)7-4-3-5-9(10,11)6-7/h7,12H,3-6H2,1-2H3. The van der Waals surface area contributed by atoms with Crippen molar-refractivity contribution in [2.24, 2.45) is 5.92 Å². The van der Waals surface area contributed by atoms with Crippen LogP contribution in [0.3, 0.4) is 0 Å². The summed E-state index contributed by atoms with van der Waals surface area (Å²) in [6, 6.07) is 0. The number of halogens is 2.